The lowest BCUT2D eigenvalue weighted by molar-refractivity contribution is 0.350. The van der Waals surface area contributed by atoms with Gasteiger partial charge < -0.3 is 4.74 Å². The number of benzene rings is 1. The Kier molecular flexibility index (Phi) is 1.48. The molecule has 3 heteroatoms. The van der Waals surface area contributed by atoms with Gasteiger partial charge in [-0.25, -0.2) is 5.01 Å². The molecule has 2 rings (SSSR count). The van der Waals surface area contributed by atoms with E-state index in [1.807, 2.05) is 30.3 Å². The molecule has 0 unspecified atom stereocenters. The highest BCUT2D eigenvalue weighted by atomic mass is 16.5. The second-order valence-corrected chi connectivity index (χ2v) is 2.25. The lowest BCUT2D eigenvalue weighted by Gasteiger charge is -2.10. The van der Waals surface area contributed by atoms with E-state index in [0.717, 1.165) is 5.69 Å². The van der Waals surface area contributed by atoms with E-state index in [1.165, 1.54) is 6.40 Å². The number of rotatable bonds is 1. The average Bonchev–Trinajstić information content (AvgIpc) is 2.58. The Hall–Kier alpha value is -1.51. The molecule has 11 heavy (non-hydrogen) atoms. The normalized spacial score (nSPS) is 15.1. The van der Waals surface area contributed by atoms with E-state index in [2.05, 4.69) is 5.10 Å². The van der Waals surface area contributed by atoms with E-state index < -0.39 is 0 Å². The van der Waals surface area contributed by atoms with Crippen LogP contribution in [-0.4, -0.2) is 13.1 Å². The Bertz CT molecular complexity index is 258. The number of hydrogen-bond acceptors (Lipinski definition) is 3. The van der Waals surface area contributed by atoms with Gasteiger partial charge >= 0.3 is 0 Å². The fraction of sp³-hybridized carbons (Fsp3) is 0.125. The minimum Gasteiger partial charge on any atom is -0.459 e. The second kappa shape index (κ2) is 2.62. The summed E-state index contributed by atoms with van der Waals surface area (Å²) in [6.07, 6.45) is 1.45. The van der Waals surface area contributed by atoms with Crippen LogP contribution in [0.1, 0.15) is 0 Å². The predicted molar refractivity (Wildman–Crippen MR) is 43.4 cm³/mol. The van der Waals surface area contributed by atoms with Gasteiger partial charge in [0.2, 0.25) is 0 Å². The van der Waals surface area contributed by atoms with Gasteiger partial charge in [0.25, 0.3) is 0 Å². The van der Waals surface area contributed by atoms with E-state index in [1.54, 1.807) is 5.01 Å². The highest BCUT2D eigenvalue weighted by Crippen LogP contribution is 2.14. The fourth-order valence-electron chi connectivity index (χ4n) is 0.969. The SMILES string of the molecule is C1=NN(c2ccccc2)CO1. The first-order valence-electron chi connectivity index (χ1n) is 3.43. The molecule has 0 saturated heterocycles. The molecule has 0 spiro atoms. The summed E-state index contributed by atoms with van der Waals surface area (Å²) in [6.45, 7) is 0.518. The van der Waals surface area contributed by atoms with Crippen LogP contribution in [0.25, 0.3) is 0 Å². The minimum absolute atomic E-state index is 0.518. The molecule has 0 fully saturated rings. The molecule has 1 aliphatic rings. The lowest BCUT2D eigenvalue weighted by Crippen LogP contribution is -2.12. The van der Waals surface area contributed by atoms with Gasteiger partial charge in [0.15, 0.2) is 13.1 Å². The molecule has 0 aliphatic carbocycles. The molecule has 0 saturated carbocycles. The van der Waals surface area contributed by atoms with Crippen molar-refractivity contribution >= 4 is 12.1 Å². The number of ether oxygens (including phenoxy) is 1. The van der Waals surface area contributed by atoms with Crippen molar-refractivity contribution in [3.8, 4) is 0 Å². The van der Waals surface area contributed by atoms with Crippen LogP contribution < -0.4 is 5.01 Å². The molecular formula is C8H8N2O. The van der Waals surface area contributed by atoms with Crippen LogP contribution in [0.3, 0.4) is 0 Å². The van der Waals surface area contributed by atoms with Crippen molar-refractivity contribution in [2.45, 2.75) is 0 Å². The molecule has 0 aromatic heterocycles. The molecule has 0 atom stereocenters. The minimum atomic E-state index is 0.518. The lowest BCUT2D eigenvalue weighted by atomic mass is 10.3. The molecule has 1 aromatic rings. The quantitative estimate of drug-likeness (QED) is 0.601. The van der Waals surface area contributed by atoms with Gasteiger partial charge in [-0.2, -0.15) is 0 Å². The zero-order valence-electron chi connectivity index (χ0n) is 5.97. The summed E-state index contributed by atoms with van der Waals surface area (Å²) in [5.74, 6) is 0. The number of hydrazone groups is 1. The number of hydrogen-bond donors (Lipinski definition) is 0. The van der Waals surface area contributed by atoms with Crippen LogP contribution in [0.4, 0.5) is 5.69 Å². The van der Waals surface area contributed by atoms with Crippen molar-refractivity contribution in [2.75, 3.05) is 11.7 Å². The summed E-state index contributed by atoms with van der Waals surface area (Å²) in [7, 11) is 0. The summed E-state index contributed by atoms with van der Waals surface area (Å²) in [6, 6.07) is 9.91. The Labute approximate surface area is 64.9 Å². The predicted octanol–water partition coefficient (Wildman–Crippen LogP) is 1.42. The van der Waals surface area contributed by atoms with Gasteiger partial charge in [-0.05, 0) is 12.1 Å². The maximum atomic E-state index is 4.95. The van der Waals surface area contributed by atoms with Gasteiger partial charge in [-0.3, -0.25) is 0 Å². The zero-order valence-corrected chi connectivity index (χ0v) is 5.97. The number of para-hydroxylation sites is 1. The molecule has 0 N–H and O–H groups in total. The number of nitrogens with zero attached hydrogens (tertiary/aromatic N) is 2. The van der Waals surface area contributed by atoms with Crippen LogP contribution in [0, 0.1) is 0 Å². The Morgan fingerprint density at radius 3 is 2.73 bits per heavy atom. The molecule has 1 aromatic carbocycles. The summed E-state index contributed by atoms with van der Waals surface area (Å²) in [5.41, 5.74) is 1.06. The molecule has 3 nitrogen and oxygen atoms in total. The maximum Gasteiger partial charge on any atom is 0.195 e. The van der Waals surface area contributed by atoms with Gasteiger partial charge in [-0.15, -0.1) is 5.10 Å². The third kappa shape index (κ3) is 1.17. The van der Waals surface area contributed by atoms with E-state index >= 15 is 0 Å². The van der Waals surface area contributed by atoms with Crippen LogP contribution in [0.15, 0.2) is 35.4 Å². The standard InChI is InChI=1S/C8H8N2O/c1-2-4-8(5-3-1)10-7-11-6-9-10/h1-6H,7H2. The third-order valence-electron chi connectivity index (χ3n) is 1.51. The van der Waals surface area contributed by atoms with Crippen molar-refractivity contribution < 1.29 is 4.74 Å². The molecule has 1 heterocycles. The first-order valence-corrected chi connectivity index (χ1v) is 3.43. The van der Waals surface area contributed by atoms with Crippen molar-refractivity contribution in [1.82, 2.24) is 0 Å². The molecule has 56 valence electrons. The zero-order chi connectivity index (χ0) is 7.52. The summed E-state index contributed by atoms with van der Waals surface area (Å²) < 4.78 is 4.95. The second-order valence-electron chi connectivity index (χ2n) is 2.25. The molecular weight excluding hydrogens is 140 g/mol. The molecule has 0 amide bonds. The van der Waals surface area contributed by atoms with Crippen molar-refractivity contribution in [3.05, 3.63) is 30.3 Å². The van der Waals surface area contributed by atoms with Crippen LogP contribution >= 0.6 is 0 Å². The van der Waals surface area contributed by atoms with E-state index in [0.29, 0.717) is 6.73 Å². The smallest absolute Gasteiger partial charge is 0.195 e. The topological polar surface area (TPSA) is 24.8 Å². The van der Waals surface area contributed by atoms with Crippen LogP contribution in [0.5, 0.6) is 0 Å². The summed E-state index contributed by atoms with van der Waals surface area (Å²) >= 11 is 0. The van der Waals surface area contributed by atoms with Gasteiger partial charge in [-0.1, -0.05) is 18.2 Å². The fourth-order valence-corrected chi connectivity index (χ4v) is 0.969. The van der Waals surface area contributed by atoms with E-state index in [4.69, 9.17) is 4.74 Å². The summed E-state index contributed by atoms with van der Waals surface area (Å²) in [4.78, 5) is 0. The Morgan fingerprint density at radius 1 is 1.27 bits per heavy atom. The first kappa shape index (κ1) is 6.22. The monoisotopic (exact) mass is 148 g/mol. The largest absolute Gasteiger partial charge is 0.459 e. The number of anilines is 1. The summed E-state index contributed by atoms with van der Waals surface area (Å²) in [5, 5.41) is 5.78. The molecule has 0 bridgehead atoms. The molecule has 0 radical (unpaired) electrons. The van der Waals surface area contributed by atoms with E-state index in [9.17, 15) is 0 Å². The Morgan fingerprint density at radius 2 is 2.09 bits per heavy atom. The Balaban J connectivity index is 2.23. The van der Waals surface area contributed by atoms with Crippen LogP contribution in [-0.2, 0) is 4.74 Å². The van der Waals surface area contributed by atoms with Crippen molar-refractivity contribution in [2.24, 2.45) is 5.10 Å². The molecule has 1 aliphatic heterocycles. The highest BCUT2D eigenvalue weighted by molar-refractivity contribution is 5.56. The van der Waals surface area contributed by atoms with Crippen LogP contribution in [0.2, 0.25) is 0 Å². The van der Waals surface area contributed by atoms with Gasteiger partial charge in [0, 0.05) is 0 Å². The van der Waals surface area contributed by atoms with Gasteiger partial charge in [0.1, 0.15) is 0 Å². The maximum absolute atomic E-state index is 4.95. The van der Waals surface area contributed by atoms with E-state index in [-0.39, 0.29) is 0 Å². The average molecular weight is 148 g/mol. The van der Waals surface area contributed by atoms with Crippen molar-refractivity contribution in [1.29, 1.82) is 0 Å². The van der Waals surface area contributed by atoms with Crippen molar-refractivity contribution in [3.63, 3.8) is 0 Å². The third-order valence-corrected chi connectivity index (χ3v) is 1.51. The first-order chi connectivity index (χ1) is 5.47. The highest BCUT2D eigenvalue weighted by Gasteiger charge is 2.06. The van der Waals surface area contributed by atoms with Gasteiger partial charge in [0.05, 0.1) is 5.69 Å².